The minimum atomic E-state index is -1.88. The zero-order chi connectivity index (χ0) is 14.0. The lowest BCUT2D eigenvalue weighted by Gasteiger charge is -2.11. The first kappa shape index (κ1) is 7.68. The quantitative estimate of drug-likeness (QED) is 0.789. The van der Waals surface area contributed by atoms with Gasteiger partial charge in [0.25, 0.3) is 0 Å². The number of rotatable bonds is 4. The van der Waals surface area contributed by atoms with E-state index < -0.39 is 19.4 Å². The van der Waals surface area contributed by atoms with Gasteiger partial charge >= 0.3 is 0 Å². The van der Waals surface area contributed by atoms with Gasteiger partial charge in [-0.25, -0.2) is 0 Å². The summed E-state index contributed by atoms with van der Waals surface area (Å²) in [5.74, 6) is 0.857. The summed E-state index contributed by atoms with van der Waals surface area (Å²) >= 11 is 0. The summed E-state index contributed by atoms with van der Waals surface area (Å²) < 4.78 is 32.3. The fraction of sp³-hybridized carbons (Fsp3) is 0.417. The van der Waals surface area contributed by atoms with Gasteiger partial charge in [0.2, 0.25) is 6.79 Å². The molecule has 0 aromatic heterocycles. The van der Waals surface area contributed by atoms with Gasteiger partial charge in [-0.1, -0.05) is 6.90 Å². The molecule has 2 rings (SSSR count). The number of likely N-dealkylation sites (N-methyl/N-ethyl adjacent to an activating group) is 1. The van der Waals surface area contributed by atoms with Crippen molar-refractivity contribution in [3.63, 3.8) is 0 Å². The summed E-state index contributed by atoms with van der Waals surface area (Å²) in [7, 11) is 0. The number of benzene rings is 1. The van der Waals surface area contributed by atoms with Crippen LogP contribution < -0.4 is 14.8 Å². The van der Waals surface area contributed by atoms with Gasteiger partial charge in [0, 0.05) is 9.68 Å². The van der Waals surface area contributed by atoms with E-state index in [1.807, 2.05) is 0 Å². The fourth-order valence-electron chi connectivity index (χ4n) is 1.52. The van der Waals surface area contributed by atoms with Crippen molar-refractivity contribution in [3.05, 3.63) is 23.8 Å². The summed E-state index contributed by atoms with van der Waals surface area (Å²) in [5.41, 5.74) is 0.421. The summed E-state index contributed by atoms with van der Waals surface area (Å²) in [5, 5.41) is 2.50. The molecule has 1 aliphatic heterocycles. The van der Waals surface area contributed by atoms with Crippen LogP contribution in [-0.2, 0) is 0 Å². The Balaban J connectivity index is 2.11. The van der Waals surface area contributed by atoms with Crippen molar-refractivity contribution < 1.29 is 18.4 Å². The van der Waals surface area contributed by atoms with Crippen LogP contribution in [0, 0.1) is 0 Å². The van der Waals surface area contributed by atoms with Crippen LogP contribution in [0.15, 0.2) is 18.2 Å². The highest BCUT2D eigenvalue weighted by Crippen LogP contribution is 2.32. The molecule has 4 heteroatoms. The fourth-order valence-corrected chi connectivity index (χ4v) is 1.52. The second-order valence-electron chi connectivity index (χ2n) is 3.48. The van der Waals surface area contributed by atoms with E-state index in [0.29, 0.717) is 17.1 Å². The molecule has 1 N–H and O–H groups in total. The average Bonchev–Trinajstić information content (AvgIpc) is 2.84. The Morgan fingerprint density at radius 1 is 1.62 bits per heavy atom. The summed E-state index contributed by atoms with van der Waals surface area (Å²) in [6.07, 6.45) is 0. The average molecular weight is 224 g/mol. The van der Waals surface area contributed by atoms with Crippen molar-refractivity contribution in [2.24, 2.45) is 0 Å². The molecule has 0 radical (unpaired) electrons. The molecule has 1 aliphatic rings. The zero-order valence-electron chi connectivity index (χ0n) is 11.9. The van der Waals surface area contributed by atoms with Gasteiger partial charge in [-0.2, -0.15) is 0 Å². The van der Waals surface area contributed by atoms with Gasteiger partial charge < -0.3 is 14.8 Å². The highest BCUT2D eigenvalue weighted by atomic mass is 16.7. The standard InChI is InChI=1S/C12H15NO3/c1-3-13-8(2)12(14)9-4-5-10-11(6-9)16-7-15-10/h4-6,8,13H,3,7H2,1-2H3/i1D,3D2. The second-order valence-corrected chi connectivity index (χ2v) is 3.48. The number of carbonyl (C=O) groups is 1. The molecule has 1 aromatic rings. The molecule has 0 saturated carbocycles. The van der Waals surface area contributed by atoms with Crippen LogP contribution in [0.5, 0.6) is 11.5 Å². The number of Topliss-reactive ketones (excluding diaryl/α,β-unsaturated/α-hetero) is 1. The minimum absolute atomic E-state index is 0.141. The Morgan fingerprint density at radius 2 is 2.44 bits per heavy atom. The molecule has 0 aliphatic carbocycles. The highest BCUT2D eigenvalue weighted by Gasteiger charge is 2.19. The molecule has 1 aromatic carbocycles. The minimum Gasteiger partial charge on any atom is -0.454 e. The van der Waals surface area contributed by atoms with Crippen LogP contribution >= 0.6 is 0 Å². The normalized spacial score (nSPS) is 18.4. The number of nitrogens with one attached hydrogen (secondary N) is 1. The Morgan fingerprint density at radius 3 is 3.25 bits per heavy atom. The monoisotopic (exact) mass is 224 g/mol. The molecule has 0 amide bonds. The number of ether oxygens (including phenoxy) is 2. The largest absolute Gasteiger partial charge is 0.454 e. The van der Waals surface area contributed by atoms with Gasteiger partial charge in [-0.15, -0.1) is 0 Å². The summed E-state index contributed by atoms with van der Waals surface area (Å²) in [6.45, 7) is -0.625. The predicted molar refractivity (Wildman–Crippen MR) is 60.0 cm³/mol. The van der Waals surface area contributed by atoms with Gasteiger partial charge in [-0.05, 0) is 31.6 Å². The van der Waals surface area contributed by atoms with Crippen LogP contribution in [-0.4, -0.2) is 25.1 Å². The SMILES string of the molecule is [2H]CC([2H])([2H])NC(C)C(=O)c1ccc2c(c1)OCO2. The van der Waals surface area contributed by atoms with E-state index >= 15 is 0 Å². The molecule has 16 heavy (non-hydrogen) atoms. The number of ketones is 1. The molecule has 0 saturated heterocycles. The van der Waals surface area contributed by atoms with Crippen molar-refractivity contribution in [2.75, 3.05) is 13.3 Å². The Labute approximate surface area is 98.8 Å². The Kier molecular flexibility index (Phi) is 2.17. The molecule has 1 heterocycles. The van der Waals surface area contributed by atoms with E-state index in [0.717, 1.165) is 0 Å². The molecule has 1 atom stereocenters. The maximum Gasteiger partial charge on any atom is 0.231 e. The lowest BCUT2D eigenvalue weighted by molar-refractivity contribution is 0.0951. The first-order chi connectivity index (χ1) is 8.93. The first-order valence-electron chi connectivity index (χ1n) is 6.64. The lowest BCUT2D eigenvalue weighted by Crippen LogP contribution is -2.33. The smallest absolute Gasteiger partial charge is 0.231 e. The van der Waals surface area contributed by atoms with Crippen LogP contribution in [0.1, 0.15) is 28.3 Å². The Hall–Kier alpha value is -1.55. The van der Waals surface area contributed by atoms with E-state index in [1.165, 1.54) is 0 Å². The first-order valence-corrected chi connectivity index (χ1v) is 4.94. The van der Waals surface area contributed by atoms with E-state index in [2.05, 4.69) is 5.32 Å². The van der Waals surface area contributed by atoms with E-state index in [1.54, 1.807) is 25.1 Å². The van der Waals surface area contributed by atoms with Crippen LogP contribution in [0.2, 0.25) is 0 Å². The third kappa shape index (κ3) is 2.02. The highest BCUT2D eigenvalue weighted by molar-refractivity contribution is 6.00. The maximum atomic E-state index is 12.2. The van der Waals surface area contributed by atoms with Crippen molar-refractivity contribution in [2.45, 2.75) is 19.9 Å². The molecule has 86 valence electrons. The molecule has 4 nitrogen and oxygen atoms in total. The third-order valence-electron chi connectivity index (χ3n) is 2.37. The van der Waals surface area contributed by atoms with Crippen molar-refractivity contribution >= 4 is 5.78 Å². The maximum absolute atomic E-state index is 12.2. The molecule has 0 bridgehead atoms. The van der Waals surface area contributed by atoms with E-state index in [-0.39, 0.29) is 12.6 Å². The second kappa shape index (κ2) is 4.53. The number of hydrogen-bond acceptors (Lipinski definition) is 4. The third-order valence-corrected chi connectivity index (χ3v) is 2.37. The summed E-state index contributed by atoms with van der Waals surface area (Å²) in [4.78, 5) is 12.2. The van der Waals surface area contributed by atoms with Gasteiger partial charge in [0.15, 0.2) is 17.3 Å². The number of hydrogen-bond donors (Lipinski definition) is 1. The van der Waals surface area contributed by atoms with Crippen molar-refractivity contribution in [1.82, 2.24) is 5.32 Å². The van der Waals surface area contributed by atoms with Crippen LogP contribution in [0.3, 0.4) is 0 Å². The number of fused-ring (bicyclic) bond motifs is 1. The van der Waals surface area contributed by atoms with E-state index in [4.69, 9.17) is 13.6 Å². The van der Waals surface area contributed by atoms with Gasteiger partial charge in [0.1, 0.15) is 0 Å². The lowest BCUT2D eigenvalue weighted by atomic mass is 10.0. The van der Waals surface area contributed by atoms with Gasteiger partial charge in [0.05, 0.1) is 6.04 Å². The molecular formula is C12H15NO3. The zero-order valence-corrected chi connectivity index (χ0v) is 8.95. The Bertz CT molecular complexity index is 493. The molecule has 0 fully saturated rings. The van der Waals surface area contributed by atoms with E-state index in [9.17, 15) is 4.79 Å². The van der Waals surface area contributed by atoms with Crippen molar-refractivity contribution in [3.8, 4) is 11.5 Å². The molecule has 1 unspecified atom stereocenters. The van der Waals surface area contributed by atoms with Crippen LogP contribution in [0.4, 0.5) is 0 Å². The molecule has 0 spiro atoms. The topological polar surface area (TPSA) is 47.6 Å². The predicted octanol–water partition coefficient (Wildman–Crippen LogP) is 1.60. The number of carbonyl (C=O) groups excluding carboxylic acids is 1. The van der Waals surface area contributed by atoms with Crippen molar-refractivity contribution in [1.29, 1.82) is 0 Å². The van der Waals surface area contributed by atoms with Crippen LogP contribution in [0.25, 0.3) is 0 Å². The molecular weight excluding hydrogens is 206 g/mol. The summed E-state index contributed by atoms with van der Waals surface area (Å²) in [6, 6.07) is 4.13. The van der Waals surface area contributed by atoms with Gasteiger partial charge in [-0.3, -0.25) is 4.79 Å².